The van der Waals surface area contributed by atoms with Gasteiger partial charge in [0.1, 0.15) is 0 Å². The maximum atomic E-state index is 11.9. The monoisotopic (exact) mass is 260 g/mol. The summed E-state index contributed by atoms with van der Waals surface area (Å²) in [5.41, 5.74) is 0.843. The molecule has 0 aromatic heterocycles. The summed E-state index contributed by atoms with van der Waals surface area (Å²) < 4.78 is 0. The number of hydrogen-bond donors (Lipinski definition) is 2. The Morgan fingerprint density at radius 3 is 2.32 bits per heavy atom. The first-order valence-corrected chi connectivity index (χ1v) is 7.27. The maximum Gasteiger partial charge on any atom is 0.319 e. The van der Waals surface area contributed by atoms with E-state index in [2.05, 4.69) is 24.5 Å². The molecule has 1 aliphatic carbocycles. The smallest absolute Gasteiger partial charge is 0.319 e. The van der Waals surface area contributed by atoms with Crippen LogP contribution >= 0.6 is 0 Å². The van der Waals surface area contributed by atoms with Crippen LogP contribution in [0.25, 0.3) is 0 Å². The number of para-hydroxylation sites is 1. The molecular weight excluding hydrogens is 236 g/mol. The maximum absolute atomic E-state index is 11.9. The summed E-state index contributed by atoms with van der Waals surface area (Å²) in [6.07, 6.45) is 4.66. The Balaban J connectivity index is 1.75. The van der Waals surface area contributed by atoms with Gasteiger partial charge >= 0.3 is 6.03 Å². The molecular formula is C16H24N2O. The Hall–Kier alpha value is -1.51. The van der Waals surface area contributed by atoms with Crippen molar-refractivity contribution in [3.63, 3.8) is 0 Å². The Morgan fingerprint density at radius 1 is 1.11 bits per heavy atom. The van der Waals surface area contributed by atoms with Crippen molar-refractivity contribution >= 4 is 11.7 Å². The number of carbonyl (C=O) groups excluding carboxylic acids is 1. The van der Waals surface area contributed by atoms with E-state index in [4.69, 9.17) is 0 Å². The lowest BCUT2D eigenvalue weighted by Crippen LogP contribution is -2.40. The largest absolute Gasteiger partial charge is 0.335 e. The summed E-state index contributed by atoms with van der Waals surface area (Å²) in [7, 11) is 0. The van der Waals surface area contributed by atoms with Crippen molar-refractivity contribution in [3.8, 4) is 0 Å². The molecule has 19 heavy (non-hydrogen) atoms. The van der Waals surface area contributed by atoms with Crippen molar-refractivity contribution in [2.75, 3.05) is 5.32 Å². The summed E-state index contributed by atoms with van der Waals surface area (Å²) in [5, 5.41) is 5.95. The van der Waals surface area contributed by atoms with Gasteiger partial charge in [-0.15, -0.1) is 0 Å². The molecule has 3 nitrogen and oxygen atoms in total. The van der Waals surface area contributed by atoms with Crippen molar-refractivity contribution in [1.82, 2.24) is 5.32 Å². The fraction of sp³-hybridized carbons (Fsp3) is 0.562. The highest BCUT2D eigenvalue weighted by Crippen LogP contribution is 2.29. The predicted octanol–water partition coefficient (Wildman–Crippen LogP) is 4.02. The van der Waals surface area contributed by atoms with Crippen LogP contribution in [0.5, 0.6) is 0 Å². The van der Waals surface area contributed by atoms with Gasteiger partial charge in [0.05, 0.1) is 0 Å². The van der Waals surface area contributed by atoms with E-state index in [9.17, 15) is 4.79 Å². The van der Waals surface area contributed by atoms with E-state index in [1.807, 2.05) is 30.3 Å². The zero-order valence-corrected chi connectivity index (χ0v) is 11.9. The average molecular weight is 260 g/mol. The van der Waals surface area contributed by atoms with Gasteiger partial charge in [0.25, 0.3) is 0 Å². The number of rotatable bonds is 3. The second-order valence-electron chi connectivity index (χ2n) is 5.82. The van der Waals surface area contributed by atoms with Gasteiger partial charge in [-0.25, -0.2) is 4.79 Å². The second kappa shape index (κ2) is 6.60. The molecule has 1 aromatic carbocycles. The van der Waals surface area contributed by atoms with Gasteiger partial charge in [0.2, 0.25) is 0 Å². The van der Waals surface area contributed by atoms with Crippen LogP contribution in [0.2, 0.25) is 0 Å². The summed E-state index contributed by atoms with van der Waals surface area (Å²) in [6, 6.07) is 9.83. The van der Waals surface area contributed by atoms with Crippen LogP contribution in [0.15, 0.2) is 30.3 Å². The molecule has 1 fully saturated rings. The van der Waals surface area contributed by atoms with Crippen molar-refractivity contribution < 1.29 is 4.79 Å². The van der Waals surface area contributed by atoms with Crippen LogP contribution in [0.1, 0.15) is 39.5 Å². The van der Waals surface area contributed by atoms with E-state index >= 15 is 0 Å². The van der Waals surface area contributed by atoms with E-state index < -0.39 is 0 Å². The van der Waals surface area contributed by atoms with Gasteiger partial charge < -0.3 is 10.6 Å². The van der Waals surface area contributed by atoms with Crippen LogP contribution in [0, 0.1) is 11.8 Å². The molecule has 1 saturated carbocycles. The minimum Gasteiger partial charge on any atom is -0.335 e. The number of urea groups is 1. The zero-order chi connectivity index (χ0) is 13.7. The quantitative estimate of drug-likeness (QED) is 0.846. The Morgan fingerprint density at radius 2 is 1.74 bits per heavy atom. The highest BCUT2D eigenvalue weighted by Gasteiger charge is 2.24. The van der Waals surface area contributed by atoms with E-state index in [1.54, 1.807) is 0 Å². The molecule has 1 aliphatic rings. The Kier molecular flexibility index (Phi) is 4.83. The normalized spacial score (nSPS) is 23.1. The van der Waals surface area contributed by atoms with Crippen LogP contribution in [0.4, 0.5) is 10.5 Å². The lowest BCUT2D eigenvalue weighted by Gasteiger charge is -2.31. The summed E-state index contributed by atoms with van der Waals surface area (Å²) in [5.74, 6) is 1.59. The lowest BCUT2D eigenvalue weighted by atomic mass is 9.80. The SMILES string of the molecule is CC(C)C1CCC(NC(=O)Nc2ccccc2)CC1. The number of anilines is 1. The van der Waals surface area contributed by atoms with Gasteiger partial charge in [-0.05, 0) is 49.7 Å². The summed E-state index contributed by atoms with van der Waals surface area (Å²) >= 11 is 0. The van der Waals surface area contributed by atoms with Crippen LogP contribution < -0.4 is 10.6 Å². The molecule has 104 valence electrons. The zero-order valence-electron chi connectivity index (χ0n) is 11.9. The third-order valence-electron chi connectivity index (χ3n) is 4.08. The highest BCUT2D eigenvalue weighted by atomic mass is 16.2. The summed E-state index contributed by atoms with van der Waals surface area (Å²) in [6.45, 7) is 4.58. The minimum absolute atomic E-state index is 0.0841. The molecule has 0 spiro atoms. The number of nitrogens with one attached hydrogen (secondary N) is 2. The fourth-order valence-electron chi connectivity index (χ4n) is 2.80. The molecule has 2 amide bonds. The topological polar surface area (TPSA) is 41.1 Å². The van der Waals surface area contributed by atoms with Crippen molar-refractivity contribution in [1.29, 1.82) is 0 Å². The molecule has 3 heteroatoms. The van der Waals surface area contributed by atoms with Crippen LogP contribution in [-0.4, -0.2) is 12.1 Å². The minimum atomic E-state index is -0.0841. The van der Waals surface area contributed by atoms with Crippen molar-refractivity contribution in [2.45, 2.75) is 45.6 Å². The molecule has 0 atom stereocenters. The lowest BCUT2D eigenvalue weighted by molar-refractivity contribution is 0.224. The first-order chi connectivity index (χ1) is 9.15. The molecule has 0 radical (unpaired) electrons. The molecule has 0 unspecified atom stereocenters. The first-order valence-electron chi connectivity index (χ1n) is 7.27. The fourth-order valence-corrected chi connectivity index (χ4v) is 2.80. The van der Waals surface area contributed by atoms with Crippen molar-refractivity contribution in [3.05, 3.63) is 30.3 Å². The van der Waals surface area contributed by atoms with Crippen molar-refractivity contribution in [2.24, 2.45) is 11.8 Å². The van der Waals surface area contributed by atoms with E-state index in [1.165, 1.54) is 12.8 Å². The third-order valence-corrected chi connectivity index (χ3v) is 4.08. The molecule has 0 bridgehead atoms. The molecule has 0 heterocycles. The van der Waals surface area contributed by atoms with E-state index in [0.717, 1.165) is 30.4 Å². The van der Waals surface area contributed by atoms with Gasteiger partial charge in [0, 0.05) is 11.7 Å². The van der Waals surface area contributed by atoms with E-state index in [-0.39, 0.29) is 6.03 Å². The Bertz CT molecular complexity index is 394. The third kappa shape index (κ3) is 4.27. The Labute approximate surface area is 115 Å². The highest BCUT2D eigenvalue weighted by molar-refractivity contribution is 5.89. The van der Waals surface area contributed by atoms with Gasteiger partial charge in [-0.3, -0.25) is 0 Å². The van der Waals surface area contributed by atoms with Crippen LogP contribution in [0.3, 0.4) is 0 Å². The van der Waals surface area contributed by atoms with Gasteiger partial charge in [0.15, 0.2) is 0 Å². The molecule has 0 aliphatic heterocycles. The number of hydrogen-bond acceptors (Lipinski definition) is 1. The number of benzene rings is 1. The molecule has 1 aromatic rings. The average Bonchev–Trinajstić information content (AvgIpc) is 2.40. The molecule has 2 N–H and O–H groups in total. The molecule has 0 saturated heterocycles. The summed E-state index contributed by atoms with van der Waals surface area (Å²) in [4.78, 5) is 11.9. The molecule has 2 rings (SSSR count). The standard InChI is InChI=1S/C16H24N2O/c1-12(2)13-8-10-15(11-9-13)18-16(19)17-14-6-4-3-5-7-14/h3-7,12-13,15H,8-11H2,1-2H3,(H2,17,18,19). The number of amides is 2. The van der Waals surface area contributed by atoms with Crippen LogP contribution in [-0.2, 0) is 0 Å². The number of carbonyl (C=O) groups is 1. The van der Waals surface area contributed by atoms with Gasteiger partial charge in [-0.2, -0.15) is 0 Å². The van der Waals surface area contributed by atoms with Gasteiger partial charge in [-0.1, -0.05) is 32.0 Å². The first kappa shape index (κ1) is 13.9. The predicted molar refractivity (Wildman–Crippen MR) is 79.2 cm³/mol. The second-order valence-corrected chi connectivity index (χ2v) is 5.82. The van der Waals surface area contributed by atoms with E-state index in [0.29, 0.717) is 6.04 Å².